The van der Waals surface area contributed by atoms with Gasteiger partial charge in [-0.15, -0.1) is 0 Å². The summed E-state index contributed by atoms with van der Waals surface area (Å²) in [4.78, 5) is 36.6. The van der Waals surface area contributed by atoms with Gasteiger partial charge >= 0.3 is 5.97 Å². The number of carbonyl (C=O) groups excluding carboxylic acids is 3. The number of nitrogens with zero attached hydrogens (tertiary/aromatic N) is 1. The van der Waals surface area contributed by atoms with Crippen molar-refractivity contribution in [2.24, 2.45) is 5.92 Å². The van der Waals surface area contributed by atoms with Crippen molar-refractivity contribution in [3.05, 3.63) is 59.7 Å². The van der Waals surface area contributed by atoms with Crippen LogP contribution < -0.4 is 5.32 Å². The summed E-state index contributed by atoms with van der Waals surface area (Å²) in [5.74, 6) is -1.10. The first-order valence-corrected chi connectivity index (χ1v) is 12.0. The maximum atomic E-state index is 12.6. The fourth-order valence-electron chi connectivity index (χ4n) is 2.85. The molecule has 0 heterocycles. The molecular formula is C24H30N2O6S. The first kappa shape index (κ1) is 26.2. The van der Waals surface area contributed by atoms with Gasteiger partial charge in [-0.25, -0.2) is 13.2 Å². The molecule has 8 nitrogen and oxygen atoms in total. The average molecular weight is 475 g/mol. The summed E-state index contributed by atoms with van der Waals surface area (Å²) in [5, 5.41) is 2.76. The zero-order valence-corrected chi connectivity index (χ0v) is 20.3. The van der Waals surface area contributed by atoms with E-state index in [1.165, 1.54) is 47.8 Å². The van der Waals surface area contributed by atoms with Crippen LogP contribution in [0.5, 0.6) is 0 Å². The van der Waals surface area contributed by atoms with Gasteiger partial charge in [0.2, 0.25) is 15.9 Å². The van der Waals surface area contributed by atoms with Crippen molar-refractivity contribution in [2.45, 2.75) is 45.1 Å². The normalized spacial score (nSPS) is 11.6. The number of rotatable bonds is 10. The fraction of sp³-hybridized carbons (Fsp3) is 0.375. The van der Waals surface area contributed by atoms with E-state index in [-0.39, 0.29) is 28.3 Å². The SMILES string of the molecule is CC(C)CC(=O)Nc1ccc(C(=O)COC(=O)c2cccc(S(=O)(=O)N(C)C(C)C)c2)cc1. The second-order valence-electron chi connectivity index (χ2n) is 8.37. The van der Waals surface area contributed by atoms with Gasteiger partial charge in [-0.05, 0) is 62.2 Å². The molecule has 1 N–H and O–H groups in total. The predicted octanol–water partition coefficient (Wildman–Crippen LogP) is 3.74. The zero-order chi connectivity index (χ0) is 24.8. The summed E-state index contributed by atoms with van der Waals surface area (Å²) < 4.78 is 31.6. The number of ether oxygens (including phenoxy) is 1. The molecule has 0 radical (unpaired) electrons. The molecule has 0 saturated heterocycles. The maximum absolute atomic E-state index is 12.6. The third kappa shape index (κ3) is 7.23. The number of hydrogen-bond acceptors (Lipinski definition) is 6. The van der Waals surface area contributed by atoms with Crippen LogP contribution >= 0.6 is 0 Å². The summed E-state index contributed by atoms with van der Waals surface area (Å²) in [6.45, 7) is 6.88. The lowest BCUT2D eigenvalue weighted by Gasteiger charge is -2.21. The summed E-state index contributed by atoms with van der Waals surface area (Å²) >= 11 is 0. The molecular weight excluding hydrogens is 444 g/mol. The van der Waals surface area contributed by atoms with Crippen LogP contribution in [0, 0.1) is 5.92 Å². The van der Waals surface area contributed by atoms with Crippen LogP contribution in [0.4, 0.5) is 5.69 Å². The topological polar surface area (TPSA) is 110 Å². The van der Waals surface area contributed by atoms with Gasteiger partial charge in [-0.2, -0.15) is 4.31 Å². The Morgan fingerprint density at radius 2 is 1.61 bits per heavy atom. The standard InChI is InChI=1S/C24H30N2O6S/c1-16(2)13-23(28)25-20-11-9-18(10-12-20)22(27)15-32-24(29)19-7-6-8-21(14-19)33(30,31)26(5)17(3)4/h6-12,14,16-17H,13,15H2,1-5H3,(H,25,28). The van der Waals surface area contributed by atoms with Crippen molar-refractivity contribution in [1.29, 1.82) is 0 Å². The second-order valence-corrected chi connectivity index (χ2v) is 10.4. The Morgan fingerprint density at radius 3 is 2.18 bits per heavy atom. The van der Waals surface area contributed by atoms with Gasteiger partial charge in [0.25, 0.3) is 0 Å². The van der Waals surface area contributed by atoms with Crippen LogP contribution in [0.1, 0.15) is 54.8 Å². The Labute approximate surface area is 195 Å². The maximum Gasteiger partial charge on any atom is 0.338 e. The Morgan fingerprint density at radius 1 is 0.970 bits per heavy atom. The zero-order valence-electron chi connectivity index (χ0n) is 19.5. The minimum absolute atomic E-state index is 0.0317. The van der Waals surface area contributed by atoms with Gasteiger partial charge < -0.3 is 10.1 Å². The predicted molar refractivity (Wildman–Crippen MR) is 126 cm³/mol. The highest BCUT2D eigenvalue weighted by Gasteiger charge is 2.24. The Balaban J connectivity index is 2.01. The van der Waals surface area contributed by atoms with Crippen LogP contribution in [0.3, 0.4) is 0 Å². The largest absolute Gasteiger partial charge is 0.454 e. The molecule has 0 bridgehead atoms. The number of benzene rings is 2. The highest BCUT2D eigenvalue weighted by Crippen LogP contribution is 2.18. The van der Waals surface area contributed by atoms with Crippen molar-refractivity contribution in [3.8, 4) is 0 Å². The number of hydrogen-bond donors (Lipinski definition) is 1. The molecule has 0 saturated carbocycles. The van der Waals surface area contributed by atoms with E-state index in [2.05, 4.69) is 5.32 Å². The number of esters is 1. The molecule has 0 aliphatic carbocycles. The number of anilines is 1. The molecule has 9 heteroatoms. The van der Waals surface area contributed by atoms with Crippen molar-refractivity contribution >= 4 is 33.4 Å². The molecule has 0 atom stereocenters. The van der Waals surface area contributed by atoms with E-state index in [4.69, 9.17) is 4.74 Å². The first-order chi connectivity index (χ1) is 15.4. The van der Waals surface area contributed by atoms with Gasteiger partial charge in [0.15, 0.2) is 12.4 Å². The molecule has 2 rings (SSSR count). The average Bonchev–Trinajstić information content (AvgIpc) is 2.76. The first-order valence-electron chi connectivity index (χ1n) is 10.6. The molecule has 2 aromatic carbocycles. The summed E-state index contributed by atoms with van der Waals surface area (Å²) in [5.41, 5.74) is 0.919. The Kier molecular flexibility index (Phi) is 8.90. The number of Topliss-reactive ketones (excluding diaryl/α,β-unsaturated/α-hetero) is 1. The van der Waals surface area contributed by atoms with Gasteiger partial charge in [-0.3, -0.25) is 9.59 Å². The fourth-order valence-corrected chi connectivity index (χ4v) is 4.26. The molecule has 0 spiro atoms. The second kappa shape index (κ2) is 11.2. The highest BCUT2D eigenvalue weighted by atomic mass is 32.2. The molecule has 0 aromatic heterocycles. The lowest BCUT2D eigenvalue weighted by atomic mass is 10.1. The van der Waals surface area contributed by atoms with Crippen LogP contribution in [0.2, 0.25) is 0 Å². The smallest absolute Gasteiger partial charge is 0.338 e. The van der Waals surface area contributed by atoms with Gasteiger partial charge in [0, 0.05) is 30.8 Å². The number of ketones is 1. The number of sulfonamides is 1. The summed E-state index contributed by atoms with van der Waals surface area (Å²) in [6, 6.07) is 11.5. The summed E-state index contributed by atoms with van der Waals surface area (Å²) in [6.07, 6.45) is 0.396. The lowest BCUT2D eigenvalue weighted by Crippen LogP contribution is -2.33. The Hall–Kier alpha value is -3.04. The van der Waals surface area contributed by atoms with Crippen LogP contribution in [0.25, 0.3) is 0 Å². The molecule has 0 fully saturated rings. The third-order valence-electron chi connectivity index (χ3n) is 4.89. The van der Waals surface area contributed by atoms with E-state index < -0.39 is 28.4 Å². The van der Waals surface area contributed by atoms with Gasteiger partial charge in [-0.1, -0.05) is 19.9 Å². The molecule has 0 unspecified atom stereocenters. The number of carbonyl (C=O) groups is 3. The van der Waals surface area contributed by atoms with Crippen molar-refractivity contribution in [2.75, 3.05) is 19.0 Å². The van der Waals surface area contributed by atoms with Gasteiger partial charge in [0.1, 0.15) is 0 Å². The summed E-state index contributed by atoms with van der Waals surface area (Å²) in [7, 11) is -2.30. The highest BCUT2D eigenvalue weighted by molar-refractivity contribution is 7.89. The van der Waals surface area contributed by atoms with E-state index in [1.54, 1.807) is 26.0 Å². The Bertz CT molecular complexity index is 1110. The molecule has 178 valence electrons. The van der Waals surface area contributed by atoms with E-state index >= 15 is 0 Å². The molecule has 2 aromatic rings. The van der Waals surface area contributed by atoms with Crippen LogP contribution in [-0.2, 0) is 19.6 Å². The lowest BCUT2D eigenvalue weighted by molar-refractivity contribution is -0.116. The number of amides is 1. The quantitative estimate of drug-likeness (QED) is 0.415. The molecule has 1 amide bonds. The van der Waals surface area contributed by atoms with Crippen molar-refractivity contribution < 1.29 is 27.5 Å². The van der Waals surface area contributed by atoms with Gasteiger partial charge in [0.05, 0.1) is 10.5 Å². The minimum atomic E-state index is -3.76. The molecule has 33 heavy (non-hydrogen) atoms. The molecule has 0 aliphatic rings. The number of nitrogens with one attached hydrogen (secondary N) is 1. The van der Waals surface area contributed by atoms with E-state index in [0.29, 0.717) is 17.7 Å². The monoisotopic (exact) mass is 474 g/mol. The van der Waals surface area contributed by atoms with Crippen molar-refractivity contribution in [1.82, 2.24) is 4.31 Å². The van der Waals surface area contributed by atoms with E-state index in [9.17, 15) is 22.8 Å². The third-order valence-corrected chi connectivity index (χ3v) is 6.92. The van der Waals surface area contributed by atoms with Crippen molar-refractivity contribution in [3.63, 3.8) is 0 Å². The van der Waals surface area contributed by atoms with E-state index in [1.807, 2.05) is 13.8 Å². The molecule has 0 aliphatic heterocycles. The van der Waals surface area contributed by atoms with E-state index in [0.717, 1.165) is 0 Å². The van der Waals surface area contributed by atoms with Crippen LogP contribution in [-0.4, -0.2) is 50.1 Å². The van der Waals surface area contributed by atoms with Crippen LogP contribution in [0.15, 0.2) is 53.4 Å². The minimum Gasteiger partial charge on any atom is -0.454 e.